The second-order valence-electron chi connectivity index (χ2n) is 10.4. The number of nitrogens with one attached hydrogen (secondary N) is 1. The molecule has 1 unspecified atom stereocenters. The second-order valence-corrected chi connectivity index (χ2v) is 10.4. The molecule has 1 N–H and O–H groups in total. The van der Waals surface area contributed by atoms with Crippen molar-refractivity contribution in [2.75, 3.05) is 33.5 Å². The molecule has 2 atom stereocenters. The maximum absolute atomic E-state index is 13.3. The summed E-state index contributed by atoms with van der Waals surface area (Å²) in [6, 6.07) is 13.6. The van der Waals surface area contributed by atoms with Crippen molar-refractivity contribution >= 4 is 17.6 Å². The van der Waals surface area contributed by atoms with Gasteiger partial charge < -0.3 is 29.0 Å². The summed E-state index contributed by atoms with van der Waals surface area (Å²) in [5.74, 6) is -1.49. The van der Waals surface area contributed by atoms with Crippen LogP contribution in [0.1, 0.15) is 56.6 Å². The van der Waals surface area contributed by atoms with Gasteiger partial charge in [-0.05, 0) is 62.8 Å². The summed E-state index contributed by atoms with van der Waals surface area (Å²) >= 11 is 0. The van der Waals surface area contributed by atoms with Crippen molar-refractivity contribution in [1.29, 1.82) is 0 Å². The molecule has 0 aromatic heterocycles. The first-order chi connectivity index (χ1) is 20.8. The van der Waals surface area contributed by atoms with Crippen molar-refractivity contribution < 1.29 is 38.2 Å². The Morgan fingerprint density at radius 3 is 2.42 bits per heavy atom. The number of esters is 2. The predicted molar refractivity (Wildman–Crippen MR) is 157 cm³/mol. The smallest absolute Gasteiger partial charge is 0.336 e. The molecule has 0 amide bonds. The third-order valence-electron chi connectivity index (χ3n) is 7.35. The van der Waals surface area contributed by atoms with Gasteiger partial charge in [0.25, 0.3) is 5.69 Å². The van der Waals surface area contributed by atoms with Crippen LogP contribution >= 0.6 is 0 Å². The van der Waals surface area contributed by atoms with Crippen molar-refractivity contribution in [3.05, 3.63) is 92.3 Å². The van der Waals surface area contributed by atoms with E-state index in [2.05, 4.69) is 5.32 Å². The molecule has 2 aromatic rings. The highest BCUT2D eigenvalue weighted by Crippen LogP contribution is 2.40. The molecule has 4 rings (SSSR count). The zero-order valence-corrected chi connectivity index (χ0v) is 24.8. The number of hydrogen-bond donors (Lipinski definition) is 1. The number of nitrogens with zero attached hydrogens (tertiary/aromatic N) is 1. The van der Waals surface area contributed by atoms with Crippen molar-refractivity contribution in [2.45, 2.75) is 58.2 Å². The third kappa shape index (κ3) is 8.42. The van der Waals surface area contributed by atoms with E-state index in [-0.39, 0.29) is 29.7 Å². The van der Waals surface area contributed by atoms with E-state index in [1.165, 1.54) is 25.3 Å². The quantitative estimate of drug-likeness (QED) is 0.144. The fraction of sp³-hybridized carbons (Fsp3) is 0.438. The Morgan fingerprint density at radius 2 is 1.74 bits per heavy atom. The molecule has 1 saturated heterocycles. The van der Waals surface area contributed by atoms with Gasteiger partial charge in [-0.3, -0.25) is 10.1 Å². The van der Waals surface area contributed by atoms with Crippen molar-refractivity contribution in [2.24, 2.45) is 0 Å². The lowest BCUT2D eigenvalue weighted by molar-refractivity contribution is -0.384. The molecule has 43 heavy (non-hydrogen) atoms. The number of dihydropyridines is 1. The van der Waals surface area contributed by atoms with Gasteiger partial charge in [0.1, 0.15) is 5.75 Å². The number of allylic oxidation sites excluding steroid dienone is 2. The van der Waals surface area contributed by atoms with E-state index in [1.54, 1.807) is 19.9 Å². The molecule has 11 heteroatoms. The Hall–Kier alpha value is -4.22. The first-order valence-electron chi connectivity index (χ1n) is 14.4. The molecule has 2 aromatic carbocycles. The number of carbonyl (C=O) groups excluding carboxylic acids is 2. The van der Waals surface area contributed by atoms with Gasteiger partial charge >= 0.3 is 11.9 Å². The van der Waals surface area contributed by atoms with Crippen LogP contribution in [0.5, 0.6) is 5.75 Å². The first kappa shape index (κ1) is 31.7. The summed E-state index contributed by atoms with van der Waals surface area (Å²) in [5.41, 5.74) is 2.72. The standard InChI is InChI=1S/C32H38N2O9/c1-21-28(31(35)39-3)30(24-8-6-9-25(20-24)34(37)38)29(22(2)33-21)32(36)43-18-7-17-40-26-13-11-23(12-14-26)15-19-42-27-10-4-5-16-41-27/h6,8-9,11-14,20,27,30,33H,4-5,7,10,15-19H2,1-3H3/t27?,30-/m0/s1. The molecule has 1 fully saturated rings. The summed E-state index contributed by atoms with van der Waals surface area (Å²) in [6.45, 7) is 5.14. The maximum atomic E-state index is 13.3. The van der Waals surface area contributed by atoms with Gasteiger partial charge in [-0.2, -0.15) is 0 Å². The highest BCUT2D eigenvalue weighted by Gasteiger charge is 2.38. The van der Waals surface area contributed by atoms with Crippen LogP contribution in [-0.2, 0) is 35.0 Å². The van der Waals surface area contributed by atoms with E-state index < -0.39 is 22.8 Å². The largest absolute Gasteiger partial charge is 0.493 e. The lowest BCUT2D eigenvalue weighted by atomic mass is 9.80. The highest BCUT2D eigenvalue weighted by atomic mass is 16.7. The number of benzene rings is 2. The van der Waals surface area contributed by atoms with Crippen LogP contribution in [0, 0.1) is 10.1 Å². The molecular weight excluding hydrogens is 556 g/mol. The molecule has 11 nitrogen and oxygen atoms in total. The molecule has 2 aliphatic rings. The van der Waals surface area contributed by atoms with Gasteiger partial charge in [-0.25, -0.2) is 9.59 Å². The van der Waals surface area contributed by atoms with Gasteiger partial charge in [0, 0.05) is 36.6 Å². The summed E-state index contributed by atoms with van der Waals surface area (Å²) in [4.78, 5) is 37.0. The minimum absolute atomic E-state index is 0.0756. The van der Waals surface area contributed by atoms with E-state index >= 15 is 0 Å². The summed E-state index contributed by atoms with van der Waals surface area (Å²) in [5, 5.41) is 14.5. The summed E-state index contributed by atoms with van der Waals surface area (Å²) in [7, 11) is 1.24. The molecule has 0 aliphatic carbocycles. The topological polar surface area (TPSA) is 135 Å². The minimum Gasteiger partial charge on any atom is -0.493 e. The number of nitro groups is 1. The number of non-ortho nitro benzene ring substituents is 1. The predicted octanol–water partition coefficient (Wildman–Crippen LogP) is 5.10. The van der Waals surface area contributed by atoms with E-state index in [9.17, 15) is 19.7 Å². The number of hydrogen-bond acceptors (Lipinski definition) is 10. The first-order valence-corrected chi connectivity index (χ1v) is 14.4. The van der Waals surface area contributed by atoms with Gasteiger partial charge in [-0.1, -0.05) is 24.3 Å². The molecule has 0 saturated carbocycles. The van der Waals surface area contributed by atoms with Crippen LogP contribution in [0.4, 0.5) is 5.69 Å². The van der Waals surface area contributed by atoms with Gasteiger partial charge in [0.05, 0.1) is 48.9 Å². The Kier molecular flexibility index (Phi) is 11.3. The van der Waals surface area contributed by atoms with Gasteiger partial charge in [0.15, 0.2) is 6.29 Å². The third-order valence-corrected chi connectivity index (χ3v) is 7.35. The molecule has 2 aliphatic heterocycles. The van der Waals surface area contributed by atoms with Crippen LogP contribution in [0.25, 0.3) is 0 Å². The number of carbonyl (C=O) groups is 2. The fourth-order valence-corrected chi connectivity index (χ4v) is 5.19. The Morgan fingerprint density at radius 1 is 1.00 bits per heavy atom. The van der Waals surface area contributed by atoms with E-state index in [1.807, 2.05) is 24.3 Å². The average molecular weight is 595 g/mol. The lowest BCUT2D eigenvalue weighted by Crippen LogP contribution is -2.32. The van der Waals surface area contributed by atoms with Gasteiger partial charge in [0.2, 0.25) is 0 Å². The number of nitro benzene ring substituents is 1. The normalized spacial score (nSPS) is 18.6. The molecule has 0 radical (unpaired) electrons. The van der Waals surface area contributed by atoms with Crippen LogP contribution in [0.3, 0.4) is 0 Å². The molecule has 0 spiro atoms. The Balaban J connectivity index is 1.31. The fourth-order valence-electron chi connectivity index (χ4n) is 5.19. The maximum Gasteiger partial charge on any atom is 0.336 e. The number of ether oxygens (including phenoxy) is 5. The van der Waals surface area contributed by atoms with Crippen LogP contribution in [0.2, 0.25) is 0 Å². The average Bonchev–Trinajstić information content (AvgIpc) is 3.01. The van der Waals surface area contributed by atoms with Crippen molar-refractivity contribution in [1.82, 2.24) is 5.32 Å². The highest BCUT2D eigenvalue weighted by molar-refractivity contribution is 5.99. The SMILES string of the molecule is COC(=O)C1=C(C)NC(C)=C(C(=O)OCCCOc2ccc(CCOC3CCCCO3)cc2)[C@H]1c1cccc([N+](=O)[O-])c1. The Labute approximate surface area is 250 Å². The van der Waals surface area contributed by atoms with Crippen LogP contribution in [0.15, 0.2) is 71.1 Å². The number of rotatable bonds is 13. The van der Waals surface area contributed by atoms with E-state index in [4.69, 9.17) is 23.7 Å². The lowest BCUT2D eigenvalue weighted by Gasteiger charge is -2.30. The molecule has 0 bridgehead atoms. The molecular formula is C32H38N2O9. The van der Waals surface area contributed by atoms with Crippen LogP contribution < -0.4 is 10.1 Å². The molecule has 2 heterocycles. The second kappa shape index (κ2) is 15.3. The van der Waals surface area contributed by atoms with Crippen molar-refractivity contribution in [3.8, 4) is 5.75 Å². The zero-order chi connectivity index (χ0) is 30.8. The summed E-state index contributed by atoms with van der Waals surface area (Å²) in [6.07, 6.45) is 4.30. The van der Waals surface area contributed by atoms with E-state index in [0.717, 1.165) is 37.9 Å². The summed E-state index contributed by atoms with van der Waals surface area (Å²) < 4.78 is 27.8. The van der Waals surface area contributed by atoms with Crippen LogP contribution in [-0.4, -0.2) is 56.7 Å². The minimum atomic E-state index is -0.906. The zero-order valence-electron chi connectivity index (χ0n) is 24.8. The molecule has 230 valence electrons. The monoisotopic (exact) mass is 594 g/mol. The van der Waals surface area contributed by atoms with E-state index in [0.29, 0.717) is 42.3 Å². The Bertz CT molecular complexity index is 1360. The van der Waals surface area contributed by atoms with Gasteiger partial charge in [-0.15, -0.1) is 0 Å². The number of methoxy groups -OCH3 is 1. The van der Waals surface area contributed by atoms with Crippen molar-refractivity contribution in [3.63, 3.8) is 0 Å².